The standard InChI is InChI=1S/C11H17N5O/c1-15-6-7-16(2)9(8-15)11-13-10(17-14-11)4-3-5-12/h9H,3-4,6-8H2,1-2H3. The molecular formula is C11H17N5O. The number of aromatic nitrogens is 2. The molecule has 0 bridgehead atoms. The van der Waals surface area contributed by atoms with Crippen LogP contribution in [0.2, 0.25) is 0 Å². The lowest BCUT2D eigenvalue weighted by Gasteiger charge is -2.35. The van der Waals surface area contributed by atoms with Gasteiger partial charge in [-0.2, -0.15) is 10.2 Å². The summed E-state index contributed by atoms with van der Waals surface area (Å²) in [5, 5.41) is 12.5. The summed E-state index contributed by atoms with van der Waals surface area (Å²) in [4.78, 5) is 8.85. The number of nitrogens with zero attached hydrogens (tertiary/aromatic N) is 5. The van der Waals surface area contributed by atoms with Crippen molar-refractivity contribution in [2.45, 2.75) is 18.9 Å². The van der Waals surface area contributed by atoms with E-state index in [2.05, 4.69) is 40.1 Å². The highest BCUT2D eigenvalue weighted by Gasteiger charge is 2.27. The lowest BCUT2D eigenvalue weighted by Crippen LogP contribution is -2.45. The van der Waals surface area contributed by atoms with Crippen LogP contribution >= 0.6 is 0 Å². The summed E-state index contributed by atoms with van der Waals surface area (Å²) >= 11 is 0. The summed E-state index contributed by atoms with van der Waals surface area (Å²) in [6.45, 7) is 2.98. The number of nitriles is 1. The molecule has 1 atom stereocenters. The maximum absolute atomic E-state index is 8.51. The van der Waals surface area contributed by atoms with Crippen LogP contribution in [0, 0.1) is 11.3 Å². The second kappa shape index (κ2) is 5.25. The van der Waals surface area contributed by atoms with Gasteiger partial charge in [0.05, 0.1) is 12.1 Å². The van der Waals surface area contributed by atoms with E-state index in [1.807, 2.05) is 0 Å². The molecule has 0 radical (unpaired) electrons. The van der Waals surface area contributed by atoms with Crippen LogP contribution in [0.15, 0.2) is 4.52 Å². The van der Waals surface area contributed by atoms with Gasteiger partial charge < -0.3 is 9.42 Å². The largest absolute Gasteiger partial charge is 0.339 e. The van der Waals surface area contributed by atoms with Crippen molar-refractivity contribution in [3.63, 3.8) is 0 Å². The summed E-state index contributed by atoms with van der Waals surface area (Å²) < 4.78 is 5.15. The molecule has 1 aromatic rings. The van der Waals surface area contributed by atoms with E-state index in [0.29, 0.717) is 18.7 Å². The summed E-state index contributed by atoms with van der Waals surface area (Å²) in [6.07, 6.45) is 0.956. The molecule has 1 aliphatic rings. The molecule has 92 valence electrons. The van der Waals surface area contributed by atoms with Crippen LogP contribution in [0.5, 0.6) is 0 Å². The Morgan fingerprint density at radius 1 is 1.47 bits per heavy atom. The normalized spacial score (nSPS) is 22.5. The molecule has 6 heteroatoms. The van der Waals surface area contributed by atoms with Crippen LogP contribution in [0.3, 0.4) is 0 Å². The van der Waals surface area contributed by atoms with Crippen molar-refractivity contribution in [3.8, 4) is 6.07 Å². The van der Waals surface area contributed by atoms with Crippen molar-refractivity contribution in [3.05, 3.63) is 11.7 Å². The van der Waals surface area contributed by atoms with Crippen molar-refractivity contribution >= 4 is 0 Å². The molecule has 6 nitrogen and oxygen atoms in total. The van der Waals surface area contributed by atoms with Gasteiger partial charge in [0, 0.05) is 32.5 Å². The molecular weight excluding hydrogens is 218 g/mol. The third kappa shape index (κ3) is 2.81. The predicted molar refractivity (Wildman–Crippen MR) is 61.1 cm³/mol. The fourth-order valence-electron chi connectivity index (χ4n) is 1.96. The van der Waals surface area contributed by atoms with Gasteiger partial charge in [0.25, 0.3) is 0 Å². The Labute approximate surface area is 101 Å². The molecule has 2 rings (SSSR count). The molecule has 1 aliphatic heterocycles. The third-order valence-corrected chi connectivity index (χ3v) is 3.08. The van der Waals surface area contributed by atoms with E-state index in [9.17, 15) is 0 Å². The highest BCUT2D eigenvalue weighted by molar-refractivity contribution is 4.98. The summed E-state index contributed by atoms with van der Waals surface area (Å²) in [5.41, 5.74) is 0. The van der Waals surface area contributed by atoms with Gasteiger partial charge >= 0.3 is 0 Å². The summed E-state index contributed by atoms with van der Waals surface area (Å²) in [5.74, 6) is 1.29. The van der Waals surface area contributed by atoms with Gasteiger partial charge in [0.15, 0.2) is 5.82 Å². The molecule has 17 heavy (non-hydrogen) atoms. The van der Waals surface area contributed by atoms with Crippen LogP contribution < -0.4 is 0 Å². The van der Waals surface area contributed by atoms with Gasteiger partial charge in [0.1, 0.15) is 0 Å². The Bertz CT molecular complexity index is 410. The predicted octanol–water partition coefficient (Wildman–Crippen LogP) is 0.444. The van der Waals surface area contributed by atoms with Crippen LogP contribution in [-0.2, 0) is 6.42 Å². The average Bonchev–Trinajstić information content (AvgIpc) is 2.78. The van der Waals surface area contributed by atoms with Crippen LogP contribution in [-0.4, -0.2) is 53.7 Å². The fraction of sp³-hybridized carbons (Fsp3) is 0.727. The first kappa shape index (κ1) is 12.0. The highest BCUT2D eigenvalue weighted by Crippen LogP contribution is 2.20. The lowest BCUT2D eigenvalue weighted by molar-refractivity contribution is 0.108. The second-order valence-corrected chi connectivity index (χ2v) is 4.46. The van der Waals surface area contributed by atoms with Gasteiger partial charge in [-0.3, -0.25) is 4.90 Å². The Balaban J connectivity index is 2.05. The number of piperazine rings is 1. The highest BCUT2D eigenvalue weighted by atomic mass is 16.5. The van der Waals surface area contributed by atoms with E-state index < -0.39 is 0 Å². The van der Waals surface area contributed by atoms with Gasteiger partial charge in [0.2, 0.25) is 5.89 Å². The van der Waals surface area contributed by atoms with E-state index in [0.717, 1.165) is 25.5 Å². The van der Waals surface area contributed by atoms with Crippen molar-refractivity contribution in [1.82, 2.24) is 19.9 Å². The number of hydrogen-bond acceptors (Lipinski definition) is 6. The van der Waals surface area contributed by atoms with Crippen LogP contribution in [0.4, 0.5) is 0 Å². The number of aryl methyl sites for hydroxylation is 1. The molecule has 0 spiro atoms. The third-order valence-electron chi connectivity index (χ3n) is 3.08. The zero-order valence-corrected chi connectivity index (χ0v) is 10.3. The molecule has 1 saturated heterocycles. The minimum atomic E-state index is 0.188. The number of likely N-dealkylation sites (N-methyl/N-ethyl adjacent to an activating group) is 2. The second-order valence-electron chi connectivity index (χ2n) is 4.46. The Morgan fingerprint density at radius 2 is 2.29 bits per heavy atom. The minimum Gasteiger partial charge on any atom is -0.339 e. The van der Waals surface area contributed by atoms with E-state index in [4.69, 9.17) is 9.78 Å². The van der Waals surface area contributed by atoms with Crippen molar-refractivity contribution in [1.29, 1.82) is 5.26 Å². The fourth-order valence-corrected chi connectivity index (χ4v) is 1.96. The van der Waals surface area contributed by atoms with Crippen molar-refractivity contribution in [2.24, 2.45) is 0 Å². The average molecular weight is 235 g/mol. The molecule has 2 heterocycles. The Kier molecular flexibility index (Phi) is 3.71. The van der Waals surface area contributed by atoms with E-state index in [-0.39, 0.29) is 6.04 Å². The van der Waals surface area contributed by atoms with Gasteiger partial charge in [-0.25, -0.2) is 0 Å². The molecule has 0 aromatic carbocycles. The maximum Gasteiger partial charge on any atom is 0.227 e. The van der Waals surface area contributed by atoms with Gasteiger partial charge in [-0.05, 0) is 14.1 Å². The molecule has 0 amide bonds. The zero-order valence-electron chi connectivity index (χ0n) is 10.3. The molecule has 0 saturated carbocycles. The van der Waals surface area contributed by atoms with Crippen molar-refractivity contribution in [2.75, 3.05) is 33.7 Å². The first-order valence-electron chi connectivity index (χ1n) is 5.79. The van der Waals surface area contributed by atoms with Crippen LogP contribution in [0.25, 0.3) is 0 Å². The minimum absolute atomic E-state index is 0.188. The van der Waals surface area contributed by atoms with E-state index in [1.54, 1.807) is 0 Å². The van der Waals surface area contributed by atoms with E-state index >= 15 is 0 Å². The number of rotatable bonds is 3. The zero-order chi connectivity index (χ0) is 12.3. The quantitative estimate of drug-likeness (QED) is 0.757. The maximum atomic E-state index is 8.51. The molecule has 0 N–H and O–H groups in total. The Hall–Kier alpha value is -1.45. The lowest BCUT2D eigenvalue weighted by atomic mass is 10.2. The summed E-state index contributed by atoms with van der Waals surface area (Å²) in [7, 11) is 4.17. The monoisotopic (exact) mass is 235 g/mol. The van der Waals surface area contributed by atoms with Gasteiger partial charge in [-0.15, -0.1) is 0 Å². The first-order chi connectivity index (χ1) is 8.20. The smallest absolute Gasteiger partial charge is 0.227 e. The summed E-state index contributed by atoms with van der Waals surface area (Å²) in [6, 6.07) is 2.26. The van der Waals surface area contributed by atoms with Crippen LogP contribution in [0.1, 0.15) is 24.2 Å². The SMILES string of the molecule is CN1CCN(C)C(c2noc(CCC#N)n2)C1. The Morgan fingerprint density at radius 3 is 3.06 bits per heavy atom. The molecule has 1 aromatic heterocycles. The first-order valence-corrected chi connectivity index (χ1v) is 5.79. The molecule has 1 unspecified atom stereocenters. The topological polar surface area (TPSA) is 69.2 Å². The van der Waals surface area contributed by atoms with E-state index in [1.165, 1.54) is 0 Å². The molecule has 1 fully saturated rings. The number of hydrogen-bond donors (Lipinski definition) is 0. The van der Waals surface area contributed by atoms with Gasteiger partial charge in [-0.1, -0.05) is 5.16 Å². The van der Waals surface area contributed by atoms with Crippen molar-refractivity contribution < 1.29 is 4.52 Å². The molecule has 0 aliphatic carbocycles.